The molecule has 18 heavy (non-hydrogen) atoms. The SMILES string of the molecule is CN(OC(=O)OCc1cncs1)C(=O)CCC=O. The Hall–Kier alpha value is -1.96. The molecule has 1 aromatic rings. The van der Waals surface area contributed by atoms with Crippen molar-refractivity contribution in [2.75, 3.05) is 7.05 Å². The van der Waals surface area contributed by atoms with E-state index in [2.05, 4.69) is 9.82 Å². The van der Waals surface area contributed by atoms with Crippen LogP contribution in [0, 0.1) is 0 Å². The van der Waals surface area contributed by atoms with Crippen molar-refractivity contribution in [1.82, 2.24) is 10.0 Å². The van der Waals surface area contributed by atoms with Gasteiger partial charge in [-0.2, -0.15) is 5.06 Å². The van der Waals surface area contributed by atoms with Crippen molar-refractivity contribution in [1.29, 1.82) is 0 Å². The van der Waals surface area contributed by atoms with Crippen molar-refractivity contribution in [2.24, 2.45) is 0 Å². The van der Waals surface area contributed by atoms with Crippen LogP contribution in [-0.2, 0) is 25.8 Å². The zero-order valence-electron chi connectivity index (χ0n) is 9.70. The number of thiazole rings is 1. The highest BCUT2D eigenvalue weighted by molar-refractivity contribution is 7.09. The fraction of sp³-hybridized carbons (Fsp3) is 0.400. The van der Waals surface area contributed by atoms with E-state index in [-0.39, 0.29) is 19.4 Å². The Labute approximate surface area is 107 Å². The van der Waals surface area contributed by atoms with Gasteiger partial charge in [-0.15, -0.1) is 11.3 Å². The summed E-state index contributed by atoms with van der Waals surface area (Å²) < 4.78 is 4.76. The van der Waals surface area contributed by atoms with Gasteiger partial charge < -0.3 is 14.4 Å². The zero-order chi connectivity index (χ0) is 13.4. The van der Waals surface area contributed by atoms with Crippen LogP contribution in [0.1, 0.15) is 17.7 Å². The fourth-order valence-electron chi connectivity index (χ4n) is 0.972. The molecule has 0 spiro atoms. The minimum atomic E-state index is -0.981. The number of nitrogens with zero attached hydrogens (tertiary/aromatic N) is 2. The quantitative estimate of drug-likeness (QED) is 0.454. The Balaban J connectivity index is 2.26. The Morgan fingerprint density at radius 2 is 2.33 bits per heavy atom. The molecular formula is C10H12N2O5S. The third kappa shape index (κ3) is 4.91. The van der Waals surface area contributed by atoms with Gasteiger partial charge in [0.1, 0.15) is 12.9 Å². The lowest BCUT2D eigenvalue weighted by atomic mass is 10.3. The molecule has 1 rings (SSSR count). The van der Waals surface area contributed by atoms with Crippen molar-refractivity contribution < 1.29 is 24.0 Å². The van der Waals surface area contributed by atoms with E-state index in [0.29, 0.717) is 6.29 Å². The summed E-state index contributed by atoms with van der Waals surface area (Å²) in [4.78, 5) is 41.8. The molecule has 0 unspecified atom stereocenters. The number of hydrogen-bond donors (Lipinski definition) is 0. The first-order valence-corrected chi connectivity index (χ1v) is 5.93. The molecule has 0 radical (unpaired) electrons. The van der Waals surface area contributed by atoms with Crippen LogP contribution in [0.3, 0.4) is 0 Å². The van der Waals surface area contributed by atoms with Gasteiger partial charge in [-0.05, 0) is 0 Å². The minimum absolute atomic E-state index is 0.0118. The summed E-state index contributed by atoms with van der Waals surface area (Å²) in [6.07, 6.45) is 1.28. The van der Waals surface area contributed by atoms with E-state index >= 15 is 0 Å². The van der Waals surface area contributed by atoms with Crippen LogP contribution < -0.4 is 0 Å². The second kappa shape index (κ2) is 7.38. The third-order valence-electron chi connectivity index (χ3n) is 1.85. The molecular weight excluding hydrogens is 260 g/mol. The molecule has 0 aliphatic rings. The molecule has 1 aromatic heterocycles. The van der Waals surface area contributed by atoms with Crippen LogP contribution in [0.15, 0.2) is 11.7 Å². The Bertz CT molecular complexity index is 406. The molecule has 0 N–H and O–H groups in total. The minimum Gasteiger partial charge on any atom is -0.427 e. The molecule has 0 aromatic carbocycles. The summed E-state index contributed by atoms with van der Waals surface area (Å²) >= 11 is 1.34. The molecule has 0 saturated carbocycles. The van der Waals surface area contributed by atoms with Crippen molar-refractivity contribution in [3.63, 3.8) is 0 Å². The summed E-state index contributed by atoms with van der Waals surface area (Å²) in [6, 6.07) is 0. The van der Waals surface area contributed by atoms with Crippen molar-refractivity contribution in [3.8, 4) is 0 Å². The fourth-order valence-corrected chi connectivity index (χ4v) is 1.48. The highest BCUT2D eigenvalue weighted by Gasteiger charge is 2.15. The molecule has 0 bridgehead atoms. The lowest BCUT2D eigenvalue weighted by molar-refractivity contribution is -0.166. The summed E-state index contributed by atoms with van der Waals surface area (Å²) in [5.41, 5.74) is 1.61. The zero-order valence-corrected chi connectivity index (χ0v) is 10.5. The number of aromatic nitrogens is 1. The number of aldehydes is 1. The first-order valence-electron chi connectivity index (χ1n) is 5.05. The standard InChI is InChI=1S/C10H12N2O5S/c1-12(9(14)3-2-4-13)17-10(15)16-6-8-5-11-7-18-8/h4-5,7H,2-3,6H2,1H3. The van der Waals surface area contributed by atoms with Gasteiger partial charge in [-0.3, -0.25) is 9.78 Å². The van der Waals surface area contributed by atoms with Gasteiger partial charge in [0.15, 0.2) is 0 Å². The van der Waals surface area contributed by atoms with E-state index in [9.17, 15) is 14.4 Å². The van der Waals surface area contributed by atoms with E-state index in [1.54, 1.807) is 11.7 Å². The maximum Gasteiger partial charge on any atom is 0.533 e. The van der Waals surface area contributed by atoms with Crippen LogP contribution >= 0.6 is 11.3 Å². The molecule has 1 heterocycles. The summed E-state index contributed by atoms with van der Waals surface area (Å²) in [7, 11) is 1.28. The smallest absolute Gasteiger partial charge is 0.427 e. The topological polar surface area (TPSA) is 85.8 Å². The molecule has 98 valence electrons. The van der Waals surface area contributed by atoms with Gasteiger partial charge in [-0.1, -0.05) is 0 Å². The Kier molecular flexibility index (Phi) is 5.78. The van der Waals surface area contributed by atoms with Crippen LogP contribution in [0.25, 0.3) is 0 Å². The van der Waals surface area contributed by atoms with Gasteiger partial charge in [0.2, 0.25) is 0 Å². The molecule has 0 saturated heterocycles. The van der Waals surface area contributed by atoms with E-state index in [0.717, 1.165) is 9.94 Å². The number of ether oxygens (including phenoxy) is 1. The first-order chi connectivity index (χ1) is 8.63. The summed E-state index contributed by atoms with van der Waals surface area (Å²) in [6.45, 7) is 0.0415. The maximum atomic E-state index is 11.3. The van der Waals surface area contributed by atoms with Gasteiger partial charge in [0.25, 0.3) is 5.91 Å². The van der Waals surface area contributed by atoms with Gasteiger partial charge in [0.05, 0.1) is 10.4 Å². The normalized spacial score (nSPS) is 9.61. The van der Waals surface area contributed by atoms with Crippen molar-refractivity contribution in [3.05, 3.63) is 16.6 Å². The number of carbonyl (C=O) groups excluding carboxylic acids is 3. The molecule has 0 fully saturated rings. The number of hydroxylamine groups is 2. The number of hydrogen-bond acceptors (Lipinski definition) is 7. The average molecular weight is 272 g/mol. The summed E-state index contributed by atoms with van der Waals surface area (Å²) in [5.74, 6) is -0.475. The maximum absolute atomic E-state index is 11.3. The van der Waals surface area contributed by atoms with Crippen LogP contribution in [-0.4, -0.2) is 35.4 Å². The monoisotopic (exact) mass is 272 g/mol. The molecule has 0 aliphatic heterocycles. The number of carbonyl (C=O) groups is 3. The number of amides is 1. The van der Waals surface area contributed by atoms with E-state index in [4.69, 9.17) is 4.74 Å². The Morgan fingerprint density at radius 1 is 1.56 bits per heavy atom. The van der Waals surface area contributed by atoms with Crippen LogP contribution in [0.4, 0.5) is 4.79 Å². The molecule has 0 aliphatic carbocycles. The van der Waals surface area contributed by atoms with Crippen molar-refractivity contribution >= 4 is 29.7 Å². The highest BCUT2D eigenvalue weighted by atomic mass is 32.1. The second-order valence-electron chi connectivity index (χ2n) is 3.19. The average Bonchev–Trinajstić information content (AvgIpc) is 2.86. The summed E-state index contributed by atoms with van der Waals surface area (Å²) in [5, 5.41) is 0.749. The van der Waals surface area contributed by atoms with Gasteiger partial charge in [-0.25, -0.2) is 4.79 Å². The van der Waals surface area contributed by atoms with E-state index < -0.39 is 12.1 Å². The predicted octanol–water partition coefficient (Wildman–Crippen LogP) is 1.15. The molecule has 0 atom stereocenters. The molecule has 8 heteroatoms. The van der Waals surface area contributed by atoms with Gasteiger partial charge in [0, 0.05) is 26.1 Å². The second-order valence-corrected chi connectivity index (χ2v) is 4.17. The van der Waals surface area contributed by atoms with Gasteiger partial charge >= 0.3 is 6.16 Å². The van der Waals surface area contributed by atoms with E-state index in [1.165, 1.54) is 18.4 Å². The third-order valence-corrected chi connectivity index (χ3v) is 2.61. The Morgan fingerprint density at radius 3 is 2.94 bits per heavy atom. The van der Waals surface area contributed by atoms with Crippen LogP contribution in [0.5, 0.6) is 0 Å². The molecule has 7 nitrogen and oxygen atoms in total. The van der Waals surface area contributed by atoms with E-state index in [1.807, 2.05) is 0 Å². The predicted molar refractivity (Wildman–Crippen MR) is 61.5 cm³/mol. The van der Waals surface area contributed by atoms with Crippen molar-refractivity contribution in [2.45, 2.75) is 19.4 Å². The first kappa shape index (κ1) is 14.1. The van der Waals surface area contributed by atoms with Crippen LogP contribution in [0.2, 0.25) is 0 Å². The lowest BCUT2D eigenvalue weighted by Gasteiger charge is -2.14. The number of rotatable bonds is 5. The largest absolute Gasteiger partial charge is 0.533 e. The molecule has 1 amide bonds. The highest BCUT2D eigenvalue weighted by Crippen LogP contribution is 2.07. The lowest BCUT2D eigenvalue weighted by Crippen LogP contribution is -2.30.